The van der Waals surface area contributed by atoms with E-state index in [0.717, 1.165) is 0 Å². The first kappa shape index (κ1) is 37.5. The molecule has 0 nitrogen and oxygen atoms in total. The second kappa shape index (κ2) is 20.0. The molecule has 0 amide bonds. The van der Waals surface area contributed by atoms with Gasteiger partial charge in [-0.15, -0.1) is 0 Å². The van der Waals surface area contributed by atoms with Crippen LogP contribution in [-0.4, -0.2) is 40.4 Å². The van der Waals surface area contributed by atoms with Crippen LogP contribution in [0.3, 0.4) is 0 Å². The van der Waals surface area contributed by atoms with E-state index in [1.165, 1.54) is 0 Å². The van der Waals surface area contributed by atoms with Gasteiger partial charge in [-0.3, -0.25) is 0 Å². The maximum atomic E-state index is 0. The van der Waals surface area contributed by atoms with Crippen molar-refractivity contribution in [3.63, 3.8) is 0 Å². The molecule has 0 aromatic rings. The van der Waals surface area contributed by atoms with E-state index in [0.29, 0.717) is 0 Å². The van der Waals surface area contributed by atoms with Gasteiger partial charge in [0, 0.05) is 0 Å². The Balaban J connectivity index is 0. The molecule has 0 heterocycles. The van der Waals surface area contributed by atoms with Crippen LogP contribution in [0, 0.1) is 0 Å². The van der Waals surface area contributed by atoms with Crippen LogP contribution in [0.15, 0.2) is 0 Å². The molecule has 0 aromatic carbocycles. The molecule has 0 aromatic heterocycles. The second-order valence-corrected chi connectivity index (χ2v) is 0. The highest BCUT2D eigenvalue weighted by Gasteiger charge is 0.316. The third-order valence-corrected chi connectivity index (χ3v) is 0. The Labute approximate surface area is 66.9 Å². The van der Waals surface area contributed by atoms with E-state index in [9.17, 15) is 0 Å². The molecule has 26 valence electrons. The van der Waals surface area contributed by atoms with Crippen LogP contribution in [-0.2, 0) is 0 Å². The quantitative estimate of drug-likeness (QED) is 0.332. The number of hydrogen-bond acceptors (Lipinski definition) is 0. The predicted molar refractivity (Wildman–Crippen MR) is 39.2 cm³/mol. The van der Waals surface area contributed by atoms with E-state index in [1.807, 2.05) is 0 Å². The van der Waals surface area contributed by atoms with Gasteiger partial charge in [-0.05, 0) is 0 Å². The Bertz CT molecular complexity index is 6.00. The fourth-order valence-corrected chi connectivity index (χ4v) is 0. The van der Waals surface area contributed by atoms with Gasteiger partial charge in [-0.25, -0.2) is 0 Å². The van der Waals surface area contributed by atoms with Crippen LogP contribution in [0.1, 0.15) is 0 Å². The molecule has 4 heavy (non-hydrogen) atoms. The van der Waals surface area contributed by atoms with E-state index in [-0.39, 0.29) is 67.4 Å². The maximum Gasteiger partial charge on any atom is 0.316 e. The summed E-state index contributed by atoms with van der Waals surface area (Å²) in [5.74, 6) is 0. The molecule has 0 fully saturated rings. The molecule has 0 bridgehead atoms. The zero-order valence-corrected chi connectivity index (χ0v) is 3.00. The van der Waals surface area contributed by atoms with Crippen molar-refractivity contribution >= 4 is 67.4 Å². The molecular formula is H9AlMgS2. The molecule has 0 aliphatic rings. The first-order chi connectivity index (χ1) is 0. The lowest BCUT2D eigenvalue weighted by molar-refractivity contribution is 5.75. The second-order valence-electron chi connectivity index (χ2n) is 0. The van der Waals surface area contributed by atoms with Crippen LogP contribution in [0.2, 0.25) is 0 Å². The highest BCUT2D eigenvalue weighted by atomic mass is 32.1. The molecule has 0 rings (SSSR count). The molecular weight excluding hydrogens is 115 g/mol. The molecule has 0 N–H and O–H groups in total. The average Bonchev–Trinajstić information content (AvgIpc) is 0. The Kier molecular flexibility index (Phi) is 188. The average molecular weight is 124 g/mol. The number of rotatable bonds is 0. The summed E-state index contributed by atoms with van der Waals surface area (Å²) in [6.07, 6.45) is 0. The van der Waals surface area contributed by atoms with Gasteiger partial charge >= 0.3 is 23.1 Å². The minimum absolute atomic E-state index is 0. The van der Waals surface area contributed by atoms with Crippen molar-refractivity contribution in [1.82, 2.24) is 0 Å². The first-order valence-corrected chi connectivity index (χ1v) is 0. The summed E-state index contributed by atoms with van der Waals surface area (Å²) >= 11 is 0. The molecule has 0 aliphatic carbocycles. The van der Waals surface area contributed by atoms with Crippen LogP contribution >= 0.6 is 27.0 Å². The number of hydrogen-bond donors (Lipinski definition) is 0. The molecule has 0 unspecified atom stereocenters. The van der Waals surface area contributed by atoms with E-state index >= 15 is 0 Å². The third kappa shape index (κ3) is 9.00. The minimum Gasteiger partial charge on any atom is -0.197 e. The molecule has 0 saturated carbocycles. The Morgan fingerprint density at radius 1 is 0.750 bits per heavy atom. The lowest BCUT2D eigenvalue weighted by Gasteiger charge is -0.198. The van der Waals surface area contributed by atoms with Gasteiger partial charge < -0.3 is 0 Å². The van der Waals surface area contributed by atoms with Crippen molar-refractivity contribution in [3.05, 3.63) is 0 Å². The van der Waals surface area contributed by atoms with Crippen LogP contribution in [0.25, 0.3) is 0 Å². The highest BCUT2D eigenvalue weighted by molar-refractivity contribution is 7.59. The van der Waals surface area contributed by atoms with E-state index in [1.54, 1.807) is 0 Å². The smallest absolute Gasteiger partial charge is 0.197 e. The van der Waals surface area contributed by atoms with E-state index < -0.39 is 0 Å². The van der Waals surface area contributed by atoms with E-state index in [2.05, 4.69) is 0 Å². The van der Waals surface area contributed by atoms with Crippen molar-refractivity contribution in [2.24, 2.45) is 0 Å². The maximum absolute atomic E-state index is 0. The molecule has 4 heteroatoms. The summed E-state index contributed by atoms with van der Waals surface area (Å²) in [4.78, 5) is 0. The Morgan fingerprint density at radius 2 is 0.750 bits per heavy atom. The standard InChI is InChI=1S/Al.Mg.2H2S.5H/h;;2*1H2;;;;;. The molecule has 0 atom stereocenters. The summed E-state index contributed by atoms with van der Waals surface area (Å²) in [5, 5.41) is 0. The van der Waals surface area contributed by atoms with Gasteiger partial charge in [0.05, 0.1) is 0 Å². The van der Waals surface area contributed by atoms with Crippen LogP contribution in [0.4, 0.5) is 0 Å². The first-order valence-electron chi connectivity index (χ1n) is 0. The van der Waals surface area contributed by atoms with Crippen molar-refractivity contribution in [3.8, 4) is 0 Å². The highest BCUT2D eigenvalue weighted by Crippen LogP contribution is 0.649. The van der Waals surface area contributed by atoms with Gasteiger partial charge in [-0.2, -0.15) is 27.0 Å². The summed E-state index contributed by atoms with van der Waals surface area (Å²) in [7, 11) is 0. The monoisotopic (exact) mass is 124 g/mol. The largest absolute Gasteiger partial charge is 0.316 e. The molecule has 0 saturated heterocycles. The fraction of sp³-hybridized carbons (Fsp3) is 0. The zero-order valence-electron chi connectivity index (χ0n) is 1.00. The SMILES string of the molecule is S.S.[AlH3].[MgH2]. The Hall–Kier alpha value is 2.00. The van der Waals surface area contributed by atoms with Crippen LogP contribution in [0.5, 0.6) is 0 Å². The van der Waals surface area contributed by atoms with Crippen molar-refractivity contribution < 1.29 is 0 Å². The van der Waals surface area contributed by atoms with Gasteiger partial charge in [0.25, 0.3) is 0 Å². The summed E-state index contributed by atoms with van der Waals surface area (Å²) in [6, 6.07) is 0. The van der Waals surface area contributed by atoms with Gasteiger partial charge in [-0.1, -0.05) is 0 Å². The predicted octanol–water partition coefficient (Wildman–Crippen LogP) is -1.87. The lowest BCUT2D eigenvalue weighted by atomic mass is 24.3. The summed E-state index contributed by atoms with van der Waals surface area (Å²) in [5.41, 5.74) is 0. The lowest BCUT2D eigenvalue weighted by Crippen LogP contribution is -0.382. The van der Waals surface area contributed by atoms with Gasteiger partial charge in [0.2, 0.25) is 0 Å². The molecule has 0 spiro atoms. The van der Waals surface area contributed by atoms with Gasteiger partial charge in [0.15, 0.2) is 17.4 Å². The van der Waals surface area contributed by atoms with Crippen molar-refractivity contribution in [2.75, 3.05) is 0 Å². The topological polar surface area (TPSA) is 0 Å². The van der Waals surface area contributed by atoms with Crippen LogP contribution < -0.4 is 0 Å². The summed E-state index contributed by atoms with van der Waals surface area (Å²) in [6.45, 7) is 0. The molecule has 0 aliphatic heterocycles. The van der Waals surface area contributed by atoms with Crippen molar-refractivity contribution in [2.45, 2.75) is 0 Å². The molecule has 0 radical (unpaired) electrons. The minimum atomic E-state index is 0. The van der Waals surface area contributed by atoms with Gasteiger partial charge in [0.1, 0.15) is 0 Å². The normalized spacial score (nSPS) is 0. The Morgan fingerprint density at radius 3 is 0.750 bits per heavy atom. The van der Waals surface area contributed by atoms with Crippen molar-refractivity contribution in [1.29, 1.82) is 0 Å². The van der Waals surface area contributed by atoms with E-state index in [4.69, 9.17) is 0 Å². The summed E-state index contributed by atoms with van der Waals surface area (Å²) < 4.78 is 0. The zero-order chi connectivity index (χ0) is 0. The fourth-order valence-electron chi connectivity index (χ4n) is 0. The third-order valence-electron chi connectivity index (χ3n) is 0.